The fraction of sp³-hybridized carbons (Fsp3) is 0.310. The van der Waals surface area contributed by atoms with Crippen molar-refractivity contribution in [2.45, 2.75) is 50.9 Å². The second-order valence-electron chi connectivity index (χ2n) is 9.46. The third-order valence-electron chi connectivity index (χ3n) is 6.34. The van der Waals surface area contributed by atoms with Gasteiger partial charge in [-0.05, 0) is 56.2 Å². The van der Waals surface area contributed by atoms with E-state index in [1.807, 2.05) is 26.0 Å². The van der Waals surface area contributed by atoms with E-state index < -0.39 is 56.9 Å². The van der Waals surface area contributed by atoms with Gasteiger partial charge in [-0.1, -0.05) is 66.6 Å². The third-order valence-corrected chi connectivity index (χ3v) is 8.46. The van der Waals surface area contributed by atoms with E-state index in [0.29, 0.717) is 28.9 Å². The molecule has 1 atom stereocenters. The molecule has 12 heteroatoms. The van der Waals surface area contributed by atoms with Crippen molar-refractivity contribution in [2.24, 2.45) is 0 Å². The predicted molar refractivity (Wildman–Crippen MR) is 152 cm³/mol. The van der Waals surface area contributed by atoms with Crippen LogP contribution in [0.2, 0.25) is 5.02 Å². The van der Waals surface area contributed by atoms with Crippen LogP contribution >= 0.6 is 11.6 Å². The third kappa shape index (κ3) is 8.01. The first-order chi connectivity index (χ1) is 19.3. The maximum atomic E-state index is 13.8. The molecule has 0 bridgehead atoms. The summed E-state index contributed by atoms with van der Waals surface area (Å²) in [4.78, 5) is 27.7. The predicted octanol–water partition coefficient (Wildman–Crippen LogP) is 5.81. The van der Waals surface area contributed by atoms with Crippen molar-refractivity contribution in [3.05, 3.63) is 94.5 Å². The molecule has 0 heterocycles. The highest BCUT2D eigenvalue weighted by Crippen LogP contribution is 2.38. The number of hydrogen-bond donors (Lipinski definition) is 1. The fourth-order valence-electron chi connectivity index (χ4n) is 4.00. The number of benzene rings is 3. The Morgan fingerprint density at radius 3 is 2.22 bits per heavy atom. The van der Waals surface area contributed by atoms with Crippen LogP contribution in [-0.2, 0) is 32.3 Å². The van der Waals surface area contributed by atoms with E-state index in [2.05, 4.69) is 5.32 Å². The van der Waals surface area contributed by atoms with Gasteiger partial charge in [-0.3, -0.25) is 13.9 Å². The Morgan fingerprint density at radius 1 is 1.00 bits per heavy atom. The van der Waals surface area contributed by atoms with Crippen molar-refractivity contribution in [1.82, 2.24) is 10.2 Å². The summed E-state index contributed by atoms with van der Waals surface area (Å²) in [6.07, 6.45) is -4.21. The summed E-state index contributed by atoms with van der Waals surface area (Å²) in [6.45, 7) is 4.74. The summed E-state index contributed by atoms with van der Waals surface area (Å²) >= 11 is 5.78. The number of carbonyl (C=O) groups excluding carboxylic acids is 2. The maximum Gasteiger partial charge on any atom is 0.417 e. The molecule has 0 saturated heterocycles. The highest BCUT2D eigenvalue weighted by molar-refractivity contribution is 7.92. The van der Waals surface area contributed by atoms with E-state index in [9.17, 15) is 31.2 Å². The molecule has 0 saturated carbocycles. The number of rotatable bonds is 11. The van der Waals surface area contributed by atoms with Crippen LogP contribution in [0.3, 0.4) is 0 Å². The van der Waals surface area contributed by atoms with Crippen molar-refractivity contribution >= 4 is 39.1 Å². The molecular formula is C29H31ClF3N3O4S. The lowest BCUT2D eigenvalue weighted by Gasteiger charge is -2.32. The van der Waals surface area contributed by atoms with Gasteiger partial charge in [-0.2, -0.15) is 13.2 Å². The molecule has 0 aromatic heterocycles. The highest BCUT2D eigenvalue weighted by Gasteiger charge is 2.36. The Kier molecular flexibility index (Phi) is 10.4. The summed E-state index contributed by atoms with van der Waals surface area (Å²) in [5.74, 6) is -1.23. The molecule has 0 aliphatic carbocycles. The van der Waals surface area contributed by atoms with Gasteiger partial charge in [0.1, 0.15) is 12.6 Å². The molecule has 3 aromatic rings. The molecule has 0 radical (unpaired) electrons. The molecule has 0 aliphatic heterocycles. The lowest BCUT2D eigenvalue weighted by atomic mass is 10.1. The normalized spacial score (nSPS) is 12.5. The number of carbonyl (C=O) groups is 2. The van der Waals surface area contributed by atoms with Crippen molar-refractivity contribution in [1.29, 1.82) is 0 Å². The molecule has 2 amide bonds. The number of sulfonamides is 1. The van der Waals surface area contributed by atoms with Gasteiger partial charge >= 0.3 is 6.18 Å². The zero-order chi connectivity index (χ0) is 30.4. The minimum atomic E-state index is -4.87. The first-order valence-electron chi connectivity index (χ1n) is 12.8. The van der Waals surface area contributed by atoms with Gasteiger partial charge < -0.3 is 10.2 Å². The highest BCUT2D eigenvalue weighted by atomic mass is 35.5. The first-order valence-corrected chi connectivity index (χ1v) is 14.6. The molecule has 0 fully saturated rings. The molecular weight excluding hydrogens is 579 g/mol. The number of nitrogens with one attached hydrogen (secondary N) is 1. The van der Waals surface area contributed by atoms with Crippen LogP contribution in [0.15, 0.2) is 77.7 Å². The number of amides is 2. The minimum Gasteiger partial charge on any atom is -0.354 e. The van der Waals surface area contributed by atoms with E-state index in [1.54, 1.807) is 18.2 Å². The average Bonchev–Trinajstić information content (AvgIpc) is 2.94. The zero-order valence-corrected chi connectivity index (χ0v) is 24.4. The smallest absolute Gasteiger partial charge is 0.354 e. The number of halogens is 4. The summed E-state index contributed by atoms with van der Waals surface area (Å²) in [5, 5.41) is 2.11. The lowest BCUT2D eigenvalue weighted by Crippen LogP contribution is -2.51. The Balaban J connectivity index is 2.09. The van der Waals surface area contributed by atoms with Crippen LogP contribution in [0, 0.1) is 6.92 Å². The Labute approximate surface area is 243 Å². The Morgan fingerprint density at radius 2 is 1.63 bits per heavy atom. The van der Waals surface area contributed by atoms with Gasteiger partial charge in [0.15, 0.2) is 0 Å². The van der Waals surface area contributed by atoms with Crippen molar-refractivity contribution < 1.29 is 31.2 Å². The molecule has 7 nitrogen and oxygen atoms in total. The first kappa shape index (κ1) is 32.0. The second kappa shape index (κ2) is 13.4. The van der Waals surface area contributed by atoms with E-state index in [0.717, 1.165) is 17.7 Å². The summed E-state index contributed by atoms with van der Waals surface area (Å²) in [6, 6.07) is 15.9. The quantitative estimate of drug-likeness (QED) is 0.297. The van der Waals surface area contributed by atoms with Crippen LogP contribution < -0.4 is 9.62 Å². The van der Waals surface area contributed by atoms with Crippen LogP contribution in [0.4, 0.5) is 18.9 Å². The van der Waals surface area contributed by atoms with E-state index in [-0.39, 0.29) is 11.4 Å². The average molecular weight is 610 g/mol. The largest absolute Gasteiger partial charge is 0.417 e. The lowest BCUT2D eigenvalue weighted by molar-refractivity contribution is -0.139. The number of hydrogen-bond acceptors (Lipinski definition) is 4. The summed E-state index contributed by atoms with van der Waals surface area (Å²) in [5.41, 5.74) is 0.00427. The minimum absolute atomic E-state index is 0.0343. The van der Waals surface area contributed by atoms with Crippen molar-refractivity contribution in [3.8, 4) is 0 Å². The Hall–Kier alpha value is -3.57. The monoisotopic (exact) mass is 609 g/mol. The van der Waals surface area contributed by atoms with E-state index in [1.165, 1.54) is 36.1 Å². The standard InChI is InChI=1S/C29H31ClF3N3O4S/c1-4-16-34-28(38)21(3)35(18-22-12-10-20(2)11-13-22)27(37)19-36(41(39,40)24-8-6-5-7-9-24)23-14-15-26(30)25(17-23)29(31,32)33/h5-15,17,21H,4,16,18-19H2,1-3H3,(H,34,38). The van der Waals surface area contributed by atoms with Gasteiger partial charge in [-0.15, -0.1) is 0 Å². The van der Waals surface area contributed by atoms with E-state index >= 15 is 0 Å². The van der Waals surface area contributed by atoms with Crippen LogP contribution in [0.1, 0.15) is 37.0 Å². The molecule has 3 aromatic carbocycles. The van der Waals surface area contributed by atoms with Crippen molar-refractivity contribution in [3.63, 3.8) is 0 Å². The van der Waals surface area contributed by atoms with Crippen LogP contribution in [-0.4, -0.2) is 44.3 Å². The van der Waals surface area contributed by atoms with Gasteiger partial charge in [-0.25, -0.2) is 8.42 Å². The van der Waals surface area contributed by atoms with E-state index in [4.69, 9.17) is 11.6 Å². The molecule has 41 heavy (non-hydrogen) atoms. The number of nitrogens with zero attached hydrogens (tertiary/aromatic N) is 2. The molecule has 0 spiro atoms. The number of alkyl halides is 3. The zero-order valence-electron chi connectivity index (χ0n) is 22.8. The molecule has 3 rings (SSSR count). The molecule has 1 unspecified atom stereocenters. The topological polar surface area (TPSA) is 86.8 Å². The summed E-state index contributed by atoms with van der Waals surface area (Å²) < 4.78 is 69.2. The van der Waals surface area contributed by atoms with Crippen molar-refractivity contribution in [2.75, 3.05) is 17.4 Å². The summed E-state index contributed by atoms with van der Waals surface area (Å²) in [7, 11) is -4.52. The SMILES string of the molecule is CCCNC(=O)C(C)N(Cc1ccc(C)cc1)C(=O)CN(c1ccc(Cl)c(C(F)(F)F)c1)S(=O)(=O)c1ccccc1. The van der Waals surface area contributed by atoms with Gasteiger partial charge in [0.25, 0.3) is 10.0 Å². The molecule has 0 aliphatic rings. The van der Waals surface area contributed by atoms with Gasteiger partial charge in [0, 0.05) is 13.1 Å². The van der Waals surface area contributed by atoms with Crippen LogP contribution in [0.25, 0.3) is 0 Å². The number of aryl methyl sites for hydroxylation is 1. The van der Waals surface area contributed by atoms with Gasteiger partial charge in [0.2, 0.25) is 11.8 Å². The molecule has 220 valence electrons. The fourth-order valence-corrected chi connectivity index (χ4v) is 5.65. The maximum absolute atomic E-state index is 13.8. The van der Waals surface area contributed by atoms with Gasteiger partial charge in [0.05, 0.1) is 21.2 Å². The Bertz CT molecular complexity index is 1470. The second-order valence-corrected chi connectivity index (χ2v) is 11.7. The molecule has 1 N–H and O–H groups in total. The van der Waals surface area contributed by atoms with Crippen LogP contribution in [0.5, 0.6) is 0 Å². The number of anilines is 1.